The lowest BCUT2D eigenvalue weighted by Gasteiger charge is -2.37. The Morgan fingerprint density at radius 3 is 2.54 bits per heavy atom. The van der Waals surface area contributed by atoms with Gasteiger partial charge in [-0.1, -0.05) is 13.8 Å². The van der Waals surface area contributed by atoms with Gasteiger partial charge in [-0.15, -0.1) is 11.3 Å². The number of nitrogens with zero attached hydrogens (tertiary/aromatic N) is 5. The predicted octanol–water partition coefficient (Wildman–Crippen LogP) is 3.89. The van der Waals surface area contributed by atoms with E-state index in [9.17, 15) is 4.79 Å². The molecule has 6 nitrogen and oxygen atoms in total. The standard InChI is InChI=1S/C21H31N5OS/c1-5-14(2)18-22-19(25-10-12-26(13-11-25)21(27)24(3)4)17-15-8-6-7-9-16(15)28-20(17)23-18/h14H,5-13H2,1-4H3. The summed E-state index contributed by atoms with van der Waals surface area (Å²) in [5, 5.41) is 1.29. The highest BCUT2D eigenvalue weighted by Gasteiger charge is 2.28. The zero-order valence-corrected chi connectivity index (χ0v) is 18.3. The number of aromatic nitrogens is 2. The average Bonchev–Trinajstić information content (AvgIpc) is 3.10. The van der Waals surface area contributed by atoms with Gasteiger partial charge in [0.25, 0.3) is 0 Å². The van der Waals surface area contributed by atoms with E-state index in [-0.39, 0.29) is 6.03 Å². The average molecular weight is 402 g/mol. The number of hydrogen-bond acceptors (Lipinski definition) is 5. The summed E-state index contributed by atoms with van der Waals surface area (Å²) in [5.74, 6) is 2.44. The lowest BCUT2D eigenvalue weighted by atomic mass is 9.96. The van der Waals surface area contributed by atoms with E-state index in [1.54, 1.807) is 4.90 Å². The van der Waals surface area contributed by atoms with Crippen LogP contribution in [0.15, 0.2) is 0 Å². The van der Waals surface area contributed by atoms with Crippen molar-refractivity contribution < 1.29 is 4.79 Å². The fraction of sp³-hybridized carbons (Fsp3) is 0.667. The van der Waals surface area contributed by atoms with Crippen LogP contribution in [0.5, 0.6) is 0 Å². The second-order valence-electron chi connectivity index (χ2n) is 8.26. The van der Waals surface area contributed by atoms with E-state index < -0.39 is 0 Å². The van der Waals surface area contributed by atoms with Gasteiger partial charge in [0.05, 0.1) is 5.39 Å². The minimum atomic E-state index is 0.0979. The Kier molecular flexibility index (Phi) is 5.45. The Morgan fingerprint density at radius 2 is 1.86 bits per heavy atom. The van der Waals surface area contributed by atoms with Crippen molar-refractivity contribution in [1.82, 2.24) is 19.8 Å². The Hall–Kier alpha value is -1.89. The molecule has 1 fully saturated rings. The van der Waals surface area contributed by atoms with Crippen LogP contribution in [-0.4, -0.2) is 66.1 Å². The zero-order chi connectivity index (χ0) is 19.8. The normalized spacial score (nSPS) is 18.3. The Bertz CT molecular complexity index is 869. The van der Waals surface area contributed by atoms with Gasteiger partial charge >= 0.3 is 6.03 Å². The Balaban J connectivity index is 1.71. The maximum atomic E-state index is 12.3. The topological polar surface area (TPSA) is 52.6 Å². The molecule has 0 aromatic carbocycles. The molecule has 3 heterocycles. The summed E-state index contributed by atoms with van der Waals surface area (Å²) in [4.78, 5) is 31.0. The molecule has 0 bridgehead atoms. The molecule has 1 unspecified atom stereocenters. The van der Waals surface area contributed by atoms with E-state index >= 15 is 0 Å². The molecule has 7 heteroatoms. The van der Waals surface area contributed by atoms with Crippen molar-refractivity contribution in [1.29, 1.82) is 0 Å². The third kappa shape index (κ3) is 3.45. The first-order valence-electron chi connectivity index (χ1n) is 10.5. The van der Waals surface area contributed by atoms with Gasteiger partial charge in [0.1, 0.15) is 16.5 Å². The van der Waals surface area contributed by atoms with Gasteiger partial charge in [-0.2, -0.15) is 0 Å². The molecular formula is C21H31N5OS. The van der Waals surface area contributed by atoms with Crippen molar-refractivity contribution in [3.8, 4) is 0 Å². The summed E-state index contributed by atoms with van der Waals surface area (Å²) in [5.41, 5.74) is 1.49. The molecule has 0 saturated carbocycles. The van der Waals surface area contributed by atoms with E-state index in [0.29, 0.717) is 5.92 Å². The number of hydrogen-bond donors (Lipinski definition) is 0. The van der Waals surface area contributed by atoms with Crippen LogP contribution in [0.4, 0.5) is 10.6 Å². The third-order valence-corrected chi connectivity index (χ3v) is 7.28. The molecule has 0 spiro atoms. The predicted molar refractivity (Wildman–Crippen MR) is 116 cm³/mol. The lowest BCUT2D eigenvalue weighted by molar-refractivity contribution is 0.168. The number of carbonyl (C=O) groups is 1. The van der Waals surface area contributed by atoms with Gasteiger partial charge in [0.15, 0.2) is 0 Å². The molecule has 2 amide bonds. The van der Waals surface area contributed by atoms with Crippen LogP contribution >= 0.6 is 11.3 Å². The van der Waals surface area contributed by atoms with Crippen LogP contribution < -0.4 is 4.90 Å². The van der Waals surface area contributed by atoms with E-state index in [1.807, 2.05) is 30.3 Å². The van der Waals surface area contributed by atoms with Crippen molar-refractivity contribution in [2.45, 2.75) is 51.9 Å². The number of rotatable bonds is 3. The van der Waals surface area contributed by atoms with Crippen molar-refractivity contribution in [3.63, 3.8) is 0 Å². The van der Waals surface area contributed by atoms with Crippen molar-refractivity contribution in [2.24, 2.45) is 0 Å². The number of anilines is 1. The number of amides is 2. The van der Waals surface area contributed by atoms with Gasteiger partial charge in [-0.25, -0.2) is 14.8 Å². The molecule has 2 aromatic heterocycles. The maximum absolute atomic E-state index is 12.3. The monoisotopic (exact) mass is 401 g/mol. The fourth-order valence-corrected chi connectivity index (χ4v) is 5.44. The number of aryl methyl sites for hydroxylation is 2. The second-order valence-corrected chi connectivity index (χ2v) is 9.34. The van der Waals surface area contributed by atoms with E-state index in [2.05, 4.69) is 18.7 Å². The van der Waals surface area contributed by atoms with Gasteiger partial charge in [-0.3, -0.25) is 0 Å². The number of urea groups is 1. The van der Waals surface area contributed by atoms with Gasteiger partial charge in [0.2, 0.25) is 0 Å². The van der Waals surface area contributed by atoms with Crippen LogP contribution in [0.25, 0.3) is 10.2 Å². The molecule has 4 rings (SSSR count). The summed E-state index contributed by atoms with van der Waals surface area (Å²) in [6.45, 7) is 7.56. The Labute approximate surface area is 171 Å². The van der Waals surface area contributed by atoms with Gasteiger partial charge < -0.3 is 14.7 Å². The summed E-state index contributed by atoms with van der Waals surface area (Å²) < 4.78 is 0. The summed E-state index contributed by atoms with van der Waals surface area (Å²) in [6.07, 6.45) is 5.91. The third-order valence-electron chi connectivity index (χ3n) is 6.10. The van der Waals surface area contributed by atoms with Crippen LogP contribution in [0.1, 0.15) is 55.3 Å². The van der Waals surface area contributed by atoms with Crippen LogP contribution in [0.3, 0.4) is 0 Å². The lowest BCUT2D eigenvalue weighted by Crippen LogP contribution is -2.51. The molecule has 28 heavy (non-hydrogen) atoms. The molecule has 1 saturated heterocycles. The van der Waals surface area contributed by atoms with Crippen molar-refractivity contribution in [3.05, 3.63) is 16.3 Å². The van der Waals surface area contributed by atoms with Crippen molar-refractivity contribution in [2.75, 3.05) is 45.2 Å². The smallest absolute Gasteiger partial charge is 0.319 e. The first-order valence-corrected chi connectivity index (χ1v) is 11.3. The quantitative estimate of drug-likeness (QED) is 0.783. The minimum Gasteiger partial charge on any atom is -0.352 e. The number of fused-ring (bicyclic) bond motifs is 3. The molecule has 0 N–H and O–H groups in total. The highest BCUT2D eigenvalue weighted by atomic mass is 32.1. The zero-order valence-electron chi connectivity index (χ0n) is 17.5. The number of piperazine rings is 1. The second kappa shape index (κ2) is 7.85. The summed E-state index contributed by atoms with van der Waals surface area (Å²) >= 11 is 1.88. The van der Waals surface area contributed by atoms with Crippen molar-refractivity contribution >= 4 is 33.4 Å². The number of carbonyl (C=O) groups excluding carboxylic acids is 1. The maximum Gasteiger partial charge on any atom is 0.319 e. The van der Waals surface area contributed by atoms with Crippen LogP contribution in [0.2, 0.25) is 0 Å². The first kappa shape index (κ1) is 19.4. The molecular weight excluding hydrogens is 370 g/mol. The molecule has 2 aliphatic rings. The van der Waals surface area contributed by atoms with Crippen LogP contribution in [0, 0.1) is 0 Å². The largest absolute Gasteiger partial charge is 0.352 e. The minimum absolute atomic E-state index is 0.0979. The SMILES string of the molecule is CCC(C)c1nc(N2CCN(C(=O)N(C)C)CC2)c2c3c(sc2n1)CCCC3. The van der Waals surface area contributed by atoms with Gasteiger partial charge in [0, 0.05) is 51.1 Å². The first-order chi connectivity index (χ1) is 13.5. The molecule has 0 radical (unpaired) electrons. The van der Waals surface area contributed by atoms with E-state index in [1.165, 1.54) is 39.9 Å². The molecule has 152 valence electrons. The summed E-state index contributed by atoms with van der Waals surface area (Å²) in [7, 11) is 3.64. The molecule has 1 aliphatic heterocycles. The molecule has 1 atom stereocenters. The van der Waals surface area contributed by atoms with Crippen LogP contribution in [-0.2, 0) is 12.8 Å². The summed E-state index contributed by atoms with van der Waals surface area (Å²) in [6, 6.07) is 0.0979. The highest BCUT2D eigenvalue weighted by molar-refractivity contribution is 7.19. The fourth-order valence-electron chi connectivity index (χ4n) is 4.18. The molecule has 2 aromatic rings. The Morgan fingerprint density at radius 1 is 1.14 bits per heavy atom. The van der Waals surface area contributed by atoms with E-state index in [4.69, 9.17) is 9.97 Å². The number of thiophene rings is 1. The van der Waals surface area contributed by atoms with E-state index in [0.717, 1.165) is 50.7 Å². The highest BCUT2D eigenvalue weighted by Crippen LogP contribution is 2.40. The van der Waals surface area contributed by atoms with Gasteiger partial charge in [-0.05, 0) is 37.7 Å². The molecule has 1 aliphatic carbocycles.